The van der Waals surface area contributed by atoms with Gasteiger partial charge < -0.3 is 10.2 Å². The first-order valence-electron chi connectivity index (χ1n) is 5.59. The van der Waals surface area contributed by atoms with Crippen molar-refractivity contribution in [1.29, 1.82) is 5.26 Å². The number of anilines is 1. The minimum absolute atomic E-state index is 0.0729. The number of nitriles is 1. The molecular weight excluding hydrogens is 232 g/mol. The van der Waals surface area contributed by atoms with E-state index in [1.165, 1.54) is 0 Å². The first-order valence-corrected chi connectivity index (χ1v) is 5.59. The fraction of sp³-hybridized carbons (Fsp3) is 0.417. The Morgan fingerprint density at radius 1 is 1.56 bits per heavy atom. The summed E-state index contributed by atoms with van der Waals surface area (Å²) in [5.74, 6) is 0. The molecule has 96 valence electrons. The van der Waals surface area contributed by atoms with Crippen LogP contribution in [-0.4, -0.2) is 30.5 Å². The van der Waals surface area contributed by atoms with E-state index in [0.717, 1.165) is 5.56 Å². The van der Waals surface area contributed by atoms with Crippen molar-refractivity contribution in [3.63, 3.8) is 0 Å². The zero-order valence-electron chi connectivity index (χ0n) is 10.5. The third-order valence-electron chi connectivity index (χ3n) is 2.59. The molecule has 1 N–H and O–H groups in total. The Kier molecular flexibility index (Phi) is 5.08. The zero-order chi connectivity index (χ0) is 13.5. The molecule has 0 aliphatic rings. The summed E-state index contributed by atoms with van der Waals surface area (Å²) in [5, 5.41) is 22.2. The van der Waals surface area contributed by atoms with Crippen molar-refractivity contribution in [1.82, 2.24) is 4.90 Å². The average molecular weight is 248 g/mol. The molecule has 0 aromatic heterocycles. The van der Waals surface area contributed by atoms with Gasteiger partial charge in [0.25, 0.3) is 5.69 Å². The van der Waals surface area contributed by atoms with Gasteiger partial charge in [-0.25, -0.2) is 0 Å². The van der Waals surface area contributed by atoms with Crippen LogP contribution in [0.15, 0.2) is 18.2 Å². The maximum Gasteiger partial charge on any atom is 0.292 e. The lowest BCUT2D eigenvalue weighted by atomic mass is 10.1. The summed E-state index contributed by atoms with van der Waals surface area (Å²) >= 11 is 0. The van der Waals surface area contributed by atoms with Crippen LogP contribution in [0.5, 0.6) is 0 Å². The van der Waals surface area contributed by atoms with E-state index in [0.29, 0.717) is 25.2 Å². The lowest BCUT2D eigenvalue weighted by Gasteiger charge is -2.15. The second-order valence-electron chi connectivity index (χ2n) is 4.00. The van der Waals surface area contributed by atoms with E-state index >= 15 is 0 Å². The van der Waals surface area contributed by atoms with Crippen LogP contribution in [0.3, 0.4) is 0 Å². The third kappa shape index (κ3) is 3.71. The number of rotatable bonds is 6. The van der Waals surface area contributed by atoms with E-state index in [4.69, 9.17) is 5.26 Å². The summed E-state index contributed by atoms with van der Waals surface area (Å²) in [6.07, 6.45) is 0.452. The van der Waals surface area contributed by atoms with Gasteiger partial charge in [0.1, 0.15) is 5.69 Å². The SMILES string of the molecule is CNc1ccc(CN(C)CCC#N)cc1[N+](=O)[O-]. The van der Waals surface area contributed by atoms with E-state index in [1.807, 2.05) is 18.0 Å². The first-order chi connectivity index (χ1) is 8.58. The lowest BCUT2D eigenvalue weighted by molar-refractivity contribution is -0.384. The predicted octanol–water partition coefficient (Wildman–Crippen LogP) is 1.98. The number of nitro benzene ring substituents is 1. The Morgan fingerprint density at radius 3 is 2.83 bits per heavy atom. The van der Waals surface area contributed by atoms with E-state index in [1.54, 1.807) is 19.2 Å². The normalized spacial score (nSPS) is 10.1. The largest absolute Gasteiger partial charge is 0.383 e. The van der Waals surface area contributed by atoms with Crippen molar-refractivity contribution >= 4 is 11.4 Å². The van der Waals surface area contributed by atoms with Gasteiger partial charge in [-0.15, -0.1) is 0 Å². The fourth-order valence-electron chi connectivity index (χ4n) is 1.67. The van der Waals surface area contributed by atoms with Crippen LogP contribution in [0, 0.1) is 21.4 Å². The van der Waals surface area contributed by atoms with Crippen LogP contribution >= 0.6 is 0 Å². The highest BCUT2D eigenvalue weighted by Crippen LogP contribution is 2.25. The Balaban J connectivity index is 2.82. The second-order valence-corrected chi connectivity index (χ2v) is 4.00. The highest BCUT2D eigenvalue weighted by molar-refractivity contribution is 5.62. The van der Waals surface area contributed by atoms with Crippen LogP contribution in [0.1, 0.15) is 12.0 Å². The molecule has 1 aromatic rings. The summed E-state index contributed by atoms with van der Waals surface area (Å²) < 4.78 is 0. The number of hydrogen-bond donors (Lipinski definition) is 1. The van der Waals surface area contributed by atoms with Gasteiger partial charge in [-0.05, 0) is 18.7 Å². The third-order valence-corrected chi connectivity index (χ3v) is 2.59. The standard InChI is InChI=1S/C12H16N4O2/c1-14-11-5-4-10(8-12(11)16(17)18)9-15(2)7-3-6-13/h4-5,8,14H,3,7,9H2,1-2H3. The number of hydrogen-bond acceptors (Lipinski definition) is 5. The molecule has 1 aromatic carbocycles. The Hall–Kier alpha value is -2.13. The van der Waals surface area contributed by atoms with Crippen molar-refractivity contribution in [2.24, 2.45) is 0 Å². The van der Waals surface area contributed by atoms with Crippen molar-refractivity contribution < 1.29 is 4.92 Å². The molecule has 18 heavy (non-hydrogen) atoms. The van der Waals surface area contributed by atoms with Crippen LogP contribution in [0.4, 0.5) is 11.4 Å². The van der Waals surface area contributed by atoms with Crippen LogP contribution in [0.2, 0.25) is 0 Å². The highest BCUT2D eigenvalue weighted by atomic mass is 16.6. The highest BCUT2D eigenvalue weighted by Gasteiger charge is 2.13. The zero-order valence-corrected chi connectivity index (χ0v) is 10.5. The van der Waals surface area contributed by atoms with E-state index in [9.17, 15) is 10.1 Å². The molecule has 1 rings (SSSR count). The van der Waals surface area contributed by atoms with Crippen LogP contribution in [0.25, 0.3) is 0 Å². The molecule has 0 fully saturated rings. The maximum atomic E-state index is 10.9. The molecular formula is C12H16N4O2. The van der Waals surface area contributed by atoms with Gasteiger partial charge >= 0.3 is 0 Å². The van der Waals surface area contributed by atoms with Gasteiger partial charge in [0, 0.05) is 32.6 Å². The van der Waals surface area contributed by atoms with Gasteiger partial charge in [0.05, 0.1) is 11.0 Å². The molecule has 0 saturated carbocycles. The van der Waals surface area contributed by atoms with Crippen molar-refractivity contribution in [3.8, 4) is 6.07 Å². The molecule has 0 amide bonds. The molecule has 6 nitrogen and oxygen atoms in total. The van der Waals surface area contributed by atoms with Crippen molar-refractivity contribution in [2.45, 2.75) is 13.0 Å². The average Bonchev–Trinajstić information content (AvgIpc) is 2.36. The minimum Gasteiger partial charge on any atom is -0.383 e. The molecule has 0 unspecified atom stereocenters. The van der Waals surface area contributed by atoms with E-state index < -0.39 is 4.92 Å². The van der Waals surface area contributed by atoms with Gasteiger partial charge in [-0.1, -0.05) is 6.07 Å². The molecule has 0 heterocycles. The second kappa shape index (κ2) is 6.57. The van der Waals surface area contributed by atoms with Crippen molar-refractivity contribution in [3.05, 3.63) is 33.9 Å². The smallest absolute Gasteiger partial charge is 0.292 e. The van der Waals surface area contributed by atoms with Crippen molar-refractivity contribution in [2.75, 3.05) is 26.0 Å². The molecule has 6 heteroatoms. The quantitative estimate of drug-likeness (QED) is 0.615. The molecule has 0 aliphatic heterocycles. The van der Waals surface area contributed by atoms with E-state index in [-0.39, 0.29) is 5.69 Å². The number of nitrogens with zero attached hydrogens (tertiary/aromatic N) is 3. The number of nitrogens with one attached hydrogen (secondary N) is 1. The predicted molar refractivity (Wildman–Crippen MR) is 69.2 cm³/mol. The molecule has 0 radical (unpaired) electrons. The van der Waals surface area contributed by atoms with Gasteiger partial charge in [0.15, 0.2) is 0 Å². The maximum absolute atomic E-state index is 10.9. The molecule has 0 bridgehead atoms. The summed E-state index contributed by atoms with van der Waals surface area (Å²) in [7, 11) is 3.54. The van der Waals surface area contributed by atoms with Gasteiger partial charge in [0.2, 0.25) is 0 Å². The lowest BCUT2D eigenvalue weighted by Crippen LogP contribution is -2.18. The van der Waals surface area contributed by atoms with Crippen LogP contribution in [-0.2, 0) is 6.54 Å². The van der Waals surface area contributed by atoms with Crippen LogP contribution < -0.4 is 5.32 Å². The van der Waals surface area contributed by atoms with E-state index in [2.05, 4.69) is 11.4 Å². The van der Waals surface area contributed by atoms with Gasteiger partial charge in [-0.3, -0.25) is 10.1 Å². The summed E-state index contributed by atoms with van der Waals surface area (Å²) in [5.41, 5.74) is 1.44. The fourth-order valence-corrected chi connectivity index (χ4v) is 1.67. The number of nitro groups is 1. The molecule has 0 spiro atoms. The first kappa shape index (κ1) is 13.9. The van der Waals surface area contributed by atoms with Gasteiger partial charge in [-0.2, -0.15) is 5.26 Å². The molecule has 0 saturated heterocycles. The Labute approximate surface area is 106 Å². The summed E-state index contributed by atoms with van der Waals surface area (Å²) in [4.78, 5) is 12.5. The summed E-state index contributed by atoms with van der Waals surface area (Å²) in [6.45, 7) is 1.24. The molecule has 0 aliphatic carbocycles. The number of benzene rings is 1. The molecule has 0 atom stereocenters. The monoisotopic (exact) mass is 248 g/mol. The minimum atomic E-state index is -0.398. The Bertz CT molecular complexity index is 468. The topological polar surface area (TPSA) is 82.2 Å². The Morgan fingerprint density at radius 2 is 2.28 bits per heavy atom. The summed E-state index contributed by atoms with van der Waals surface area (Å²) in [6, 6.07) is 7.19.